The number of hydrazine groups is 1. The highest BCUT2D eigenvalue weighted by Crippen LogP contribution is 2.01. The molecule has 0 amide bonds. The third kappa shape index (κ3) is 4.87. The molecule has 0 fully saturated rings. The molecule has 70 valence electrons. The van der Waals surface area contributed by atoms with E-state index < -0.39 is 5.97 Å². The molecular formula is C8H16N2O2. The summed E-state index contributed by atoms with van der Waals surface area (Å²) in [4.78, 5) is 10.6. The number of carbonyl (C=O) groups is 1. The van der Waals surface area contributed by atoms with E-state index in [0.717, 1.165) is 0 Å². The summed E-state index contributed by atoms with van der Waals surface area (Å²) in [7, 11) is 3.65. The van der Waals surface area contributed by atoms with Gasteiger partial charge in [-0.05, 0) is 6.42 Å². The highest BCUT2D eigenvalue weighted by Gasteiger charge is 2.14. The summed E-state index contributed by atoms with van der Waals surface area (Å²) >= 11 is 0. The molecule has 2 N–H and O–H groups in total. The normalized spacial score (nSPS) is 12.9. The Balaban J connectivity index is 3.78. The van der Waals surface area contributed by atoms with Crippen LogP contribution in [0, 0.1) is 5.92 Å². The molecule has 4 nitrogen and oxygen atoms in total. The lowest BCUT2D eigenvalue weighted by molar-refractivity contribution is -0.141. The van der Waals surface area contributed by atoms with Crippen molar-refractivity contribution in [2.45, 2.75) is 6.42 Å². The maximum atomic E-state index is 10.6. The van der Waals surface area contributed by atoms with E-state index in [9.17, 15) is 4.79 Å². The maximum Gasteiger partial charge on any atom is 0.308 e. The number of nitrogens with zero attached hydrogens (tertiary/aromatic N) is 1. The smallest absolute Gasteiger partial charge is 0.308 e. The molecule has 0 aromatic rings. The summed E-state index contributed by atoms with van der Waals surface area (Å²) < 4.78 is 0. The summed E-state index contributed by atoms with van der Waals surface area (Å²) in [5, 5.41) is 10.4. The van der Waals surface area contributed by atoms with E-state index in [1.54, 1.807) is 11.1 Å². The van der Waals surface area contributed by atoms with Gasteiger partial charge < -0.3 is 5.11 Å². The van der Waals surface area contributed by atoms with Gasteiger partial charge in [0.2, 0.25) is 0 Å². The molecule has 1 atom stereocenters. The first-order valence-corrected chi connectivity index (χ1v) is 3.82. The fourth-order valence-electron chi connectivity index (χ4n) is 0.765. The van der Waals surface area contributed by atoms with E-state index in [2.05, 4.69) is 12.0 Å². The van der Waals surface area contributed by atoms with Gasteiger partial charge in [-0.3, -0.25) is 15.2 Å². The Labute approximate surface area is 72.8 Å². The molecule has 4 heteroatoms. The van der Waals surface area contributed by atoms with Gasteiger partial charge in [-0.1, -0.05) is 6.08 Å². The maximum absolute atomic E-state index is 10.6. The summed E-state index contributed by atoms with van der Waals surface area (Å²) in [5.74, 6) is -1.17. The minimum Gasteiger partial charge on any atom is -0.481 e. The number of carboxylic acids is 1. The lowest BCUT2D eigenvalue weighted by Crippen LogP contribution is -2.37. The molecule has 0 saturated heterocycles. The number of nitrogens with one attached hydrogen (secondary N) is 1. The molecule has 0 aliphatic carbocycles. The Morgan fingerprint density at radius 1 is 1.75 bits per heavy atom. The second-order valence-corrected chi connectivity index (χ2v) is 2.82. The van der Waals surface area contributed by atoms with Gasteiger partial charge in [0.25, 0.3) is 0 Å². The molecule has 0 bridgehead atoms. The fraction of sp³-hybridized carbons (Fsp3) is 0.625. The van der Waals surface area contributed by atoms with E-state index in [0.29, 0.717) is 13.0 Å². The molecule has 12 heavy (non-hydrogen) atoms. The van der Waals surface area contributed by atoms with Crippen LogP contribution in [0.1, 0.15) is 6.42 Å². The van der Waals surface area contributed by atoms with Crippen LogP contribution in [0.15, 0.2) is 12.7 Å². The zero-order valence-corrected chi connectivity index (χ0v) is 7.58. The average molecular weight is 172 g/mol. The molecule has 0 saturated carbocycles. The van der Waals surface area contributed by atoms with Gasteiger partial charge >= 0.3 is 5.97 Å². The predicted molar refractivity (Wildman–Crippen MR) is 47.6 cm³/mol. The molecule has 0 aromatic carbocycles. The first kappa shape index (κ1) is 11.1. The molecule has 1 unspecified atom stereocenters. The number of hydrogen-bond donors (Lipinski definition) is 2. The van der Waals surface area contributed by atoms with Crippen molar-refractivity contribution in [2.24, 2.45) is 5.92 Å². The van der Waals surface area contributed by atoms with E-state index in [4.69, 9.17) is 5.11 Å². The number of carboxylic acid groups (broad SMARTS) is 1. The Hall–Kier alpha value is -0.870. The topological polar surface area (TPSA) is 52.6 Å². The highest BCUT2D eigenvalue weighted by atomic mass is 16.4. The number of allylic oxidation sites excluding steroid dienone is 1. The largest absolute Gasteiger partial charge is 0.481 e. The van der Waals surface area contributed by atoms with Crippen LogP contribution >= 0.6 is 0 Å². The minimum atomic E-state index is -0.788. The van der Waals surface area contributed by atoms with Crippen LogP contribution in [-0.4, -0.2) is 36.7 Å². The van der Waals surface area contributed by atoms with Crippen LogP contribution in [0.3, 0.4) is 0 Å². The second-order valence-electron chi connectivity index (χ2n) is 2.82. The zero-order chi connectivity index (χ0) is 9.56. The first-order chi connectivity index (χ1) is 5.57. The van der Waals surface area contributed by atoms with Crippen LogP contribution in [-0.2, 0) is 4.79 Å². The van der Waals surface area contributed by atoms with Crippen molar-refractivity contribution in [1.82, 2.24) is 10.4 Å². The monoisotopic (exact) mass is 172 g/mol. The van der Waals surface area contributed by atoms with Gasteiger partial charge in [-0.25, -0.2) is 0 Å². The van der Waals surface area contributed by atoms with Crippen molar-refractivity contribution in [2.75, 3.05) is 20.6 Å². The van der Waals surface area contributed by atoms with Gasteiger partial charge in [-0.15, -0.1) is 6.58 Å². The number of hydrogen-bond acceptors (Lipinski definition) is 3. The lowest BCUT2D eigenvalue weighted by Gasteiger charge is -2.15. The standard InChI is InChI=1S/C8H16N2O2/c1-4-5-7(8(11)12)6-9-10(2)3/h4,7,9H,1,5-6H2,2-3H3,(H,11,12). The van der Waals surface area contributed by atoms with E-state index in [1.807, 2.05) is 14.1 Å². The van der Waals surface area contributed by atoms with Gasteiger partial charge in [0.05, 0.1) is 5.92 Å². The molecule has 0 aromatic heterocycles. The summed E-state index contributed by atoms with van der Waals surface area (Å²) in [6.45, 7) is 3.94. The Kier molecular flexibility index (Phi) is 5.32. The summed E-state index contributed by atoms with van der Waals surface area (Å²) in [5.41, 5.74) is 2.92. The summed E-state index contributed by atoms with van der Waals surface area (Å²) in [6, 6.07) is 0. The van der Waals surface area contributed by atoms with Crippen molar-refractivity contribution >= 4 is 5.97 Å². The molecular weight excluding hydrogens is 156 g/mol. The molecule has 0 aliphatic rings. The second kappa shape index (κ2) is 5.74. The SMILES string of the molecule is C=CCC(CNN(C)C)C(=O)O. The van der Waals surface area contributed by atoms with E-state index in [1.165, 1.54) is 0 Å². The third-order valence-electron chi connectivity index (χ3n) is 1.45. The third-order valence-corrected chi connectivity index (χ3v) is 1.45. The van der Waals surface area contributed by atoms with Gasteiger partial charge in [0.15, 0.2) is 0 Å². The predicted octanol–water partition coefficient (Wildman–Crippen LogP) is 0.329. The van der Waals surface area contributed by atoms with E-state index in [-0.39, 0.29) is 5.92 Å². The first-order valence-electron chi connectivity index (χ1n) is 3.82. The van der Waals surface area contributed by atoms with Crippen LogP contribution in [0.4, 0.5) is 0 Å². The van der Waals surface area contributed by atoms with Crippen LogP contribution in [0.5, 0.6) is 0 Å². The minimum absolute atomic E-state index is 0.384. The Bertz CT molecular complexity index is 157. The van der Waals surface area contributed by atoms with Gasteiger partial charge in [0, 0.05) is 20.6 Å². The zero-order valence-electron chi connectivity index (χ0n) is 7.58. The molecule has 0 radical (unpaired) electrons. The van der Waals surface area contributed by atoms with Crippen LogP contribution in [0.2, 0.25) is 0 Å². The quantitative estimate of drug-likeness (QED) is 0.448. The van der Waals surface area contributed by atoms with Crippen molar-refractivity contribution in [3.05, 3.63) is 12.7 Å². The van der Waals surface area contributed by atoms with Gasteiger partial charge in [0.1, 0.15) is 0 Å². The molecule has 0 rings (SSSR count). The number of aliphatic carboxylic acids is 1. The highest BCUT2D eigenvalue weighted by molar-refractivity contribution is 5.70. The molecule has 0 spiro atoms. The fourth-order valence-corrected chi connectivity index (χ4v) is 0.765. The molecule has 0 heterocycles. The van der Waals surface area contributed by atoms with Crippen LogP contribution < -0.4 is 5.43 Å². The van der Waals surface area contributed by atoms with Crippen molar-refractivity contribution in [1.29, 1.82) is 0 Å². The lowest BCUT2D eigenvalue weighted by atomic mass is 10.1. The Morgan fingerprint density at radius 3 is 2.67 bits per heavy atom. The van der Waals surface area contributed by atoms with Crippen molar-refractivity contribution in [3.8, 4) is 0 Å². The molecule has 0 aliphatic heterocycles. The van der Waals surface area contributed by atoms with Crippen LogP contribution in [0.25, 0.3) is 0 Å². The summed E-state index contributed by atoms with van der Waals surface area (Å²) in [6.07, 6.45) is 2.12. The van der Waals surface area contributed by atoms with Crippen molar-refractivity contribution in [3.63, 3.8) is 0 Å². The average Bonchev–Trinajstić information content (AvgIpc) is 1.96. The van der Waals surface area contributed by atoms with Gasteiger partial charge in [-0.2, -0.15) is 0 Å². The number of rotatable bonds is 6. The van der Waals surface area contributed by atoms with Crippen molar-refractivity contribution < 1.29 is 9.90 Å². The Morgan fingerprint density at radius 2 is 2.33 bits per heavy atom. The van der Waals surface area contributed by atoms with E-state index >= 15 is 0 Å².